The lowest BCUT2D eigenvalue weighted by Gasteiger charge is -2.22. The van der Waals surface area contributed by atoms with Crippen LogP contribution in [0.2, 0.25) is 15.1 Å². The zero-order valence-corrected chi connectivity index (χ0v) is 14.5. The van der Waals surface area contributed by atoms with Gasteiger partial charge in [-0.25, -0.2) is 9.59 Å². The molecule has 0 bridgehead atoms. The van der Waals surface area contributed by atoms with E-state index in [9.17, 15) is 14.7 Å². The number of aliphatic carboxylic acids is 1. The molecule has 8 heteroatoms. The maximum Gasteiger partial charge on any atom is 0.408 e. The molecule has 0 fully saturated rings. The molecule has 1 aromatic rings. The van der Waals surface area contributed by atoms with E-state index in [-0.39, 0.29) is 21.5 Å². The van der Waals surface area contributed by atoms with Gasteiger partial charge in [0.2, 0.25) is 0 Å². The number of alkyl carbamates (subject to hydrolysis) is 1. The standard InChI is InChI=1S/C14H16Cl3NO4/c1-14(2,3)22-13(21)18-10(12(19)20)6-7-8(15)4-5-9(16)11(7)17/h4-5,10H,6H2,1-3H3,(H,18,21)(H,19,20). The summed E-state index contributed by atoms with van der Waals surface area (Å²) in [5.41, 5.74) is -0.391. The summed E-state index contributed by atoms with van der Waals surface area (Å²) in [5.74, 6) is -1.24. The fourth-order valence-electron chi connectivity index (χ4n) is 1.61. The molecule has 0 spiro atoms. The SMILES string of the molecule is CC(C)(C)OC(=O)NC(Cc1c(Cl)ccc(Cl)c1Cl)C(=O)O. The van der Waals surface area contributed by atoms with Crippen molar-refractivity contribution in [3.05, 3.63) is 32.8 Å². The third-order valence-corrected chi connectivity index (χ3v) is 3.73. The van der Waals surface area contributed by atoms with Crippen molar-refractivity contribution >= 4 is 46.9 Å². The lowest BCUT2D eigenvalue weighted by Crippen LogP contribution is -2.44. The van der Waals surface area contributed by atoms with E-state index < -0.39 is 23.7 Å². The lowest BCUT2D eigenvalue weighted by molar-refractivity contribution is -0.139. The number of ether oxygens (including phenoxy) is 1. The predicted molar refractivity (Wildman–Crippen MR) is 86.0 cm³/mol. The Morgan fingerprint density at radius 3 is 2.27 bits per heavy atom. The van der Waals surface area contributed by atoms with E-state index in [2.05, 4.69) is 5.32 Å². The summed E-state index contributed by atoms with van der Waals surface area (Å²) >= 11 is 17.9. The van der Waals surface area contributed by atoms with E-state index in [1.807, 2.05) is 0 Å². The molecule has 122 valence electrons. The second-order valence-electron chi connectivity index (χ2n) is 5.56. The third-order valence-electron chi connectivity index (χ3n) is 2.54. The number of carboxylic acids is 1. The van der Waals surface area contributed by atoms with Gasteiger partial charge in [-0.1, -0.05) is 34.8 Å². The molecule has 1 atom stereocenters. The van der Waals surface area contributed by atoms with Crippen molar-refractivity contribution in [3.8, 4) is 0 Å². The number of nitrogens with one attached hydrogen (secondary N) is 1. The van der Waals surface area contributed by atoms with Crippen LogP contribution < -0.4 is 5.32 Å². The fraction of sp³-hybridized carbons (Fsp3) is 0.429. The second-order valence-corrected chi connectivity index (χ2v) is 6.76. The van der Waals surface area contributed by atoms with Gasteiger partial charge in [0.25, 0.3) is 0 Å². The van der Waals surface area contributed by atoms with Gasteiger partial charge in [-0.3, -0.25) is 0 Å². The zero-order chi connectivity index (χ0) is 17.1. The van der Waals surface area contributed by atoms with Gasteiger partial charge in [0.1, 0.15) is 11.6 Å². The number of hydrogen-bond acceptors (Lipinski definition) is 3. The Morgan fingerprint density at radius 1 is 1.23 bits per heavy atom. The van der Waals surface area contributed by atoms with Crippen LogP contribution in [0.15, 0.2) is 12.1 Å². The van der Waals surface area contributed by atoms with Gasteiger partial charge in [0, 0.05) is 11.4 Å². The number of carboxylic acid groups (broad SMARTS) is 1. The molecular formula is C14H16Cl3NO4. The number of rotatable bonds is 4. The molecule has 0 heterocycles. The molecule has 1 unspecified atom stereocenters. The molecule has 0 aromatic heterocycles. The number of carbonyl (C=O) groups excluding carboxylic acids is 1. The monoisotopic (exact) mass is 367 g/mol. The molecule has 22 heavy (non-hydrogen) atoms. The minimum atomic E-state index is -1.25. The molecule has 0 radical (unpaired) electrons. The van der Waals surface area contributed by atoms with Gasteiger partial charge in [0.05, 0.1) is 10.0 Å². The molecule has 5 nitrogen and oxygen atoms in total. The molecule has 0 aliphatic rings. The van der Waals surface area contributed by atoms with Gasteiger partial charge >= 0.3 is 12.1 Å². The lowest BCUT2D eigenvalue weighted by atomic mass is 10.1. The minimum Gasteiger partial charge on any atom is -0.480 e. The molecule has 0 aliphatic heterocycles. The fourth-order valence-corrected chi connectivity index (χ4v) is 2.31. The van der Waals surface area contributed by atoms with E-state index in [4.69, 9.17) is 39.5 Å². The Hall–Kier alpha value is -1.17. The molecule has 2 N–H and O–H groups in total. The predicted octanol–water partition coefficient (Wildman–Crippen LogP) is 4.17. The first-order valence-electron chi connectivity index (χ1n) is 6.36. The van der Waals surface area contributed by atoms with Crippen LogP contribution in [0.3, 0.4) is 0 Å². The van der Waals surface area contributed by atoms with Gasteiger partial charge < -0.3 is 15.2 Å². The average Bonchev–Trinajstić information content (AvgIpc) is 2.35. The van der Waals surface area contributed by atoms with Crippen LogP contribution in [-0.2, 0) is 16.0 Å². The largest absolute Gasteiger partial charge is 0.480 e. The Morgan fingerprint density at radius 2 is 1.77 bits per heavy atom. The van der Waals surface area contributed by atoms with Crippen molar-refractivity contribution in [1.82, 2.24) is 5.32 Å². The maximum atomic E-state index is 11.7. The molecule has 0 saturated carbocycles. The Bertz CT molecular complexity index is 584. The van der Waals surface area contributed by atoms with E-state index >= 15 is 0 Å². The van der Waals surface area contributed by atoms with Crippen LogP contribution in [0, 0.1) is 0 Å². The number of hydrogen-bond donors (Lipinski definition) is 2. The minimum absolute atomic E-state index is 0.118. The zero-order valence-electron chi connectivity index (χ0n) is 12.2. The van der Waals surface area contributed by atoms with Crippen molar-refractivity contribution in [3.63, 3.8) is 0 Å². The van der Waals surface area contributed by atoms with E-state index in [1.54, 1.807) is 20.8 Å². The summed E-state index contributed by atoms with van der Waals surface area (Å²) in [6.45, 7) is 5.02. The Balaban J connectivity index is 2.93. The van der Waals surface area contributed by atoms with Gasteiger partial charge in [0.15, 0.2) is 0 Å². The van der Waals surface area contributed by atoms with Crippen molar-refractivity contribution in [2.75, 3.05) is 0 Å². The quantitative estimate of drug-likeness (QED) is 0.782. The van der Waals surface area contributed by atoms with Crippen molar-refractivity contribution in [2.45, 2.75) is 38.8 Å². The van der Waals surface area contributed by atoms with Crippen LogP contribution in [0.5, 0.6) is 0 Å². The van der Waals surface area contributed by atoms with Crippen molar-refractivity contribution < 1.29 is 19.4 Å². The molecule has 0 aliphatic carbocycles. The van der Waals surface area contributed by atoms with Crippen molar-refractivity contribution in [2.24, 2.45) is 0 Å². The summed E-state index contributed by atoms with van der Waals surface area (Å²) in [7, 11) is 0. The highest BCUT2D eigenvalue weighted by Gasteiger charge is 2.26. The van der Waals surface area contributed by atoms with E-state index in [0.717, 1.165) is 0 Å². The smallest absolute Gasteiger partial charge is 0.408 e. The molecule has 1 amide bonds. The highest BCUT2D eigenvalue weighted by molar-refractivity contribution is 6.44. The normalized spacial score (nSPS) is 12.6. The number of carbonyl (C=O) groups is 2. The Kier molecular flexibility index (Phi) is 6.35. The summed E-state index contributed by atoms with van der Waals surface area (Å²) in [5, 5.41) is 12.2. The van der Waals surface area contributed by atoms with E-state index in [1.165, 1.54) is 12.1 Å². The number of halogens is 3. The summed E-state index contributed by atoms with van der Waals surface area (Å²) in [6, 6.07) is 1.77. The second kappa shape index (κ2) is 7.40. The first-order valence-corrected chi connectivity index (χ1v) is 7.49. The molecular weight excluding hydrogens is 353 g/mol. The molecule has 1 rings (SSSR count). The van der Waals surface area contributed by atoms with Gasteiger partial charge in [-0.05, 0) is 38.5 Å². The van der Waals surface area contributed by atoms with Crippen LogP contribution in [0.4, 0.5) is 4.79 Å². The summed E-state index contributed by atoms with van der Waals surface area (Å²) in [6.07, 6.45) is -0.957. The average molecular weight is 369 g/mol. The number of amides is 1. The highest BCUT2D eigenvalue weighted by atomic mass is 35.5. The molecule has 1 aromatic carbocycles. The van der Waals surface area contributed by atoms with Gasteiger partial charge in [-0.2, -0.15) is 0 Å². The summed E-state index contributed by atoms with van der Waals surface area (Å²) < 4.78 is 5.03. The number of benzene rings is 1. The maximum absolute atomic E-state index is 11.7. The Labute approximate surface area is 143 Å². The van der Waals surface area contributed by atoms with Crippen LogP contribution in [0.25, 0.3) is 0 Å². The van der Waals surface area contributed by atoms with Crippen LogP contribution in [0.1, 0.15) is 26.3 Å². The summed E-state index contributed by atoms with van der Waals surface area (Å²) in [4.78, 5) is 23.0. The van der Waals surface area contributed by atoms with Crippen molar-refractivity contribution in [1.29, 1.82) is 0 Å². The topological polar surface area (TPSA) is 75.6 Å². The van der Waals surface area contributed by atoms with Gasteiger partial charge in [-0.15, -0.1) is 0 Å². The first-order chi connectivity index (χ1) is 10.0. The molecule has 0 saturated heterocycles. The highest BCUT2D eigenvalue weighted by Crippen LogP contribution is 2.32. The van der Waals surface area contributed by atoms with Crippen LogP contribution in [-0.4, -0.2) is 28.8 Å². The third kappa shape index (κ3) is 5.55. The van der Waals surface area contributed by atoms with Crippen LogP contribution >= 0.6 is 34.8 Å². The first kappa shape index (κ1) is 18.9. The van der Waals surface area contributed by atoms with E-state index in [0.29, 0.717) is 5.56 Å².